The lowest BCUT2D eigenvalue weighted by Gasteiger charge is -2.23. The third-order valence-electron chi connectivity index (χ3n) is 3.87. The van der Waals surface area contributed by atoms with Gasteiger partial charge in [-0.15, -0.1) is 0 Å². The maximum atomic E-state index is 8.89. The van der Waals surface area contributed by atoms with Crippen molar-refractivity contribution in [3.63, 3.8) is 0 Å². The van der Waals surface area contributed by atoms with Gasteiger partial charge < -0.3 is 10.9 Å². The molecule has 0 amide bonds. The van der Waals surface area contributed by atoms with E-state index in [2.05, 4.69) is 44.9 Å². The molecule has 0 saturated carbocycles. The van der Waals surface area contributed by atoms with Crippen LogP contribution in [0.2, 0.25) is 0 Å². The van der Waals surface area contributed by atoms with Crippen LogP contribution in [0, 0.1) is 0 Å². The highest BCUT2D eigenvalue weighted by molar-refractivity contribution is 9.10. The van der Waals surface area contributed by atoms with E-state index in [-0.39, 0.29) is 6.04 Å². The minimum absolute atomic E-state index is 0.0252. The van der Waals surface area contributed by atoms with Gasteiger partial charge in [0.2, 0.25) is 0 Å². The first-order valence-electron chi connectivity index (χ1n) is 7.07. The van der Waals surface area contributed by atoms with Gasteiger partial charge in [0.05, 0.1) is 21.9 Å². The van der Waals surface area contributed by atoms with Crippen molar-refractivity contribution < 1.29 is 5.21 Å². The fraction of sp³-hybridized carbons (Fsp3) is 0.692. The Hall–Kier alpha value is -1.08. The lowest BCUT2D eigenvalue weighted by molar-refractivity contribution is 0.268. The summed E-state index contributed by atoms with van der Waals surface area (Å²) in [6, 6.07) is 0.0252. The molecule has 1 saturated heterocycles. The van der Waals surface area contributed by atoms with E-state index in [0.717, 1.165) is 49.1 Å². The number of aromatic nitrogens is 2. The van der Waals surface area contributed by atoms with E-state index in [1.165, 1.54) is 5.69 Å². The number of hydrogen-bond donors (Lipinski definition) is 2. The van der Waals surface area contributed by atoms with Crippen LogP contribution in [0.5, 0.6) is 0 Å². The summed E-state index contributed by atoms with van der Waals surface area (Å²) in [6.07, 6.45) is 2.91. The number of rotatable bonds is 5. The van der Waals surface area contributed by atoms with Crippen LogP contribution in [0.25, 0.3) is 0 Å². The van der Waals surface area contributed by atoms with Crippen LogP contribution < -0.4 is 5.73 Å². The molecule has 1 atom stereocenters. The fourth-order valence-electron chi connectivity index (χ4n) is 2.78. The molecule has 0 bridgehead atoms. The first-order chi connectivity index (χ1) is 9.62. The summed E-state index contributed by atoms with van der Waals surface area (Å²) in [4.78, 5) is 2.25. The molecule has 3 N–H and O–H groups in total. The fourth-order valence-corrected chi connectivity index (χ4v) is 3.47. The van der Waals surface area contributed by atoms with Crippen molar-refractivity contribution in [3.8, 4) is 0 Å². The Morgan fingerprint density at radius 2 is 2.30 bits per heavy atom. The van der Waals surface area contributed by atoms with Gasteiger partial charge in [-0.1, -0.05) is 12.1 Å². The van der Waals surface area contributed by atoms with Crippen LogP contribution in [0.1, 0.15) is 38.1 Å². The van der Waals surface area contributed by atoms with Gasteiger partial charge in [0, 0.05) is 13.1 Å². The normalized spacial score (nSPS) is 20.8. The van der Waals surface area contributed by atoms with E-state index < -0.39 is 0 Å². The molecular weight excluding hydrogens is 322 g/mol. The number of likely N-dealkylation sites (tertiary alicyclic amines) is 1. The molecule has 1 aliphatic rings. The highest BCUT2D eigenvalue weighted by Crippen LogP contribution is 2.27. The van der Waals surface area contributed by atoms with E-state index in [9.17, 15) is 0 Å². The molecule has 0 aromatic carbocycles. The van der Waals surface area contributed by atoms with Gasteiger partial charge in [-0.25, -0.2) is 0 Å². The summed E-state index contributed by atoms with van der Waals surface area (Å²) < 4.78 is 3.12. The lowest BCUT2D eigenvalue weighted by atomic mass is 10.2. The van der Waals surface area contributed by atoms with Crippen molar-refractivity contribution in [2.45, 2.75) is 52.2 Å². The summed E-state index contributed by atoms with van der Waals surface area (Å²) >= 11 is 3.66. The monoisotopic (exact) mass is 343 g/mol. The number of nitrogens with two attached hydrogens (primary N) is 1. The first-order valence-corrected chi connectivity index (χ1v) is 7.87. The summed E-state index contributed by atoms with van der Waals surface area (Å²) in [5.74, 6) is 0.303. The Balaban J connectivity index is 2.23. The third kappa shape index (κ3) is 2.83. The summed E-state index contributed by atoms with van der Waals surface area (Å²) in [5, 5.41) is 16.7. The van der Waals surface area contributed by atoms with Crippen molar-refractivity contribution in [3.05, 3.63) is 15.9 Å². The maximum Gasteiger partial charge on any atom is 0.156 e. The Kier molecular flexibility index (Phi) is 5.04. The number of amidine groups is 1. The molecule has 7 heteroatoms. The van der Waals surface area contributed by atoms with Gasteiger partial charge in [-0.2, -0.15) is 5.10 Å². The van der Waals surface area contributed by atoms with Crippen molar-refractivity contribution in [1.29, 1.82) is 0 Å². The zero-order valence-corrected chi connectivity index (χ0v) is 13.6. The number of halogens is 1. The highest BCUT2D eigenvalue weighted by atomic mass is 79.9. The Morgan fingerprint density at radius 1 is 1.55 bits per heavy atom. The molecule has 6 nitrogen and oxygen atoms in total. The first kappa shape index (κ1) is 15.3. The second-order valence-electron chi connectivity index (χ2n) is 5.03. The smallest absolute Gasteiger partial charge is 0.156 e. The third-order valence-corrected chi connectivity index (χ3v) is 4.78. The largest absolute Gasteiger partial charge is 0.409 e. The minimum atomic E-state index is 0.0252. The zero-order valence-electron chi connectivity index (χ0n) is 12.0. The number of nitrogens with zero attached hydrogens (tertiary/aromatic N) is 4. The molecule has 1 aliphatic heterocycles. The van der Waals surface area contributed by atoms with E-state index in [1.54, 1.807) is 0 Å². The molecule has 2 rings (SSSR count). The SMILES string of the molecule is CCc1nn(CC)c(CN2CCCC2C(N)=NO)c1Br. The van der Waals surface area contributed by atoms with Crippen LogP contribution in [0.3, 0.4) is 0 Å². The van der Waals surface area contributed by atoms with Crippen LogP contribution in [-0.2, 0) is 19.5 Å². The van der Waals surface area contributed by atoms with Crippen LogP contribution in [-0.4, -0.2) is 38.3 Å². The predicted octanol–water partition coefficient (Wildman–Crippen LogP) is 1.94. The molecule has 1 aromatic heterocycles. The Labute approximate surface area is 127 Å². The predicted molar refractivity (Wildman–Crippen MR) is 81.8 cm³/mol. The summed E-state index contributed by atoms with van der Waals surface area (Å²) in [5.41, 5.74) is 8.04. The molecule has 1 fully saturated rings. The number of aryl methyl sites for hydroxylation is 2. The second kappa shape index (κ2) is 6.58. The van der Waals surface area contributed by atoms with Gasteiger partial charge >= 0.3 is 0 Å². The van der Waals surface area contributed by atoms with Crippen molar-refractivity contribution in [2.75, 3.05) is 6.54 Å². The van der Waals surface area contributed by atoms with Crippen molar-refractivity contribution in [1.82, 2.24) is 14.7 Å². The standard InChI is InChI=1S/C13H22BrN5O/c1-3-9-12(14)11(19(4-2)16-9)8-18-7-5-6-10(18)13(15)17-20/h10,20H,3-8H2,1-2H3,(H2,15,17). The molecular formula is C13H22BrN5O. The average molecular weight is 344 g/mol. The molecule has 2 heterocycles. The van der Waals surface area contributed by atoms with Gasteiger partial charge in [0.15, 0.2) is 5.84 Å². The molecule has 1 aromatic rings. The average Bonchev–Trinajstić information content (AvgIpc) is 3.04. The van der Waals surface area contributed by atoms with Crippen molar-refractivity contribution >= 4 is 21.8 Å². The van der Waals surface area contributed by atoms with Gasteiger partial charge in [0.25, 0.3) is 0 Å². The van der Waals surface area contributed by atoms with Crippen LogP contribution in [0.15, 0.2) is 9.63 Å². The zero-order chi connectivity index (χ0) is 14.7. The topological polar surface area (TPSA) is 79.7 Å². The van der Waals surface area contributed by atoms with Crippen LogP contribution in [0.4, 0.5) is 0 Å². The molecule has 112 valence electrons. The van der Waals surface area contributed by atoms with Gasteiger partial charge in [-0.3, -0.25) is 9.58 Å². The van der Waals surface area contributed by atoms with E-state index in [1.807, 2.05) is 4.68 Å². The van der Waals surface area contributed by atoms with E-state index >= 15 is 0 Å². The number of hydrogen-bond acceptors (Lipinski definition) is 4. The number of oxime groups is 1. The lowest BCUT2D eigenvalue weighted by Crippen LogP contribution is -2.40. The second-order valence-corrected chi connectivity index (χ2v) is 5.82. The van der Waals surface area contributed by atoms with Crippen molar-refractivity contribution in [2.24, 2.45) is 10.9 Å². The summed E-state index contributed by atoms with van der Waals surface area (Å²) in [6.45, 7) is 6.77. The van der Waals surface area contributed by atoms with Gasteiger partial charge in [-0.05, 0) is 48.7 Å². The molecule has 0 radical (unpaired) electrons. The Morgan fingerprint density at radius 3 is 2.90 bits per heavy atom. The molecule has 1 unspecified atom stereocenters. The van der Waals surface area contributed by atoms with E-state index in [0.29, 0.717) is 5.84 Å². The van der Waals surface area contributed by atoms with E-state index in [4.69, 9.17) is 10.9 Å². The van der Waals surface area contributed by atoms with Gasteiger partial charge in [0.1, 0.15) is 0 Å². The minimum Gasteiger partial charge on any atom is -0.409 e. The Bertz CT molecular complexity index is 499. The quantitative estimate of drug-likeness (QED) is 0.370. The molecule has 0 aliphatic carbocycles. The summed E-state index contributed by atoms with van der Waals surface area (Å²) in [7, 11) is 0. The highest BCUT2D eigenvalue weighted by Gasteiger charge is 2.29. The maximum absolute atomic E-state index is 8.89. The van der Waals surface area contributed by atoms with Crippen LogP contribution >= 0.6 is 15.9 Å². The molecule has 20 heavy (non-hydrogen) atoms. The molecule has 0 spiro atoms.